The summed E-state index contributed by atoms with van der Waals surface area (Å²) >= 11 is 0. The average Bonchev–Trinajstić information content (AvgIpc) is 3.20. The Bertz CT molecular complexity index is 1580. The van der Waals surface area contributed by atoms with Crippen molar-refractivity contribution in [1.82, 2.24) is 9.55 Å². The van der Waals surface area contributed by atoms with Gasteiger partial charge in [-0.15, -0.1) is 0 Å². The number of carbonyl (C=O) groups is 1. The Hall–Kier alpha value is -5.43. The van der Waals surface area contributed by atoms with Crippen molar-refractivity contribution < 1.29 is 19.2 Å². The van der Waals surface area contributed by atoms with Crippen LogP contribution in [0.2, 0.25) is 0 Å². The molecule has 0 spiro atoms. The number of nitro groups is 1. The van der Waals surface area contributed by atoms with E-state index in [0.29, 0.717) is 23.8 Å². The molecule has 4 aromatic rings. The zero-order valence-electron chi connectivity index (χ0n) is 21.5. The Balaban J connectivity index is 1.52. The van der Waals surface area contributed by atoms with Gasteiger partial charge in [-0.3, -0.25) is 14.9 Å². The number of rotatable bonds is 9. The summed E-state index contributed by atoms with van der Waals surface area (Å²) in [6.07, 6.45) is 2.71. The molecule has 2 heterocycles. The van der Waals surface area contributed by atoms with Crippen molar-refractivity contribution in [2.24, 2.45) is 0 Å². The third-order valence-corrected chi connectivity index (χ3v) is 5.79. The summed E-state index contributed by atoms with van der Waals surface area (Å²) in [5.41, 5.74) is 3.72. The molecule has 39 heavy (non-hydrogen) atoms. The van der Waals surface area contributed by atoms with Gasteiger partial charge in [-0.1, -0.05) is 6.07 Å². The lowest BCUT2D eigenvalue weighted by Gasteiger charge is -2.11. The van der Waals surface area contributed by atoms with E-state index < -0.39 is 10.8 Å². The van der Waals surface area contributed by atoms with Gasteiger partial charge in [0.1, 0.15) is 29.3 Å². The molecule has 0 saturated carbocycles. The van der Waals surface area contributed by atoms with Crippen LogP contribution in [0.3, 0.4) is 0 Å². The standard InChI is InChI=1S/C29H25N5O5/c1-4-38-27-7-5-6-23(16-27)32-29(35)22(17-30)15-21-14-19(2)33(20(21)3)24-8-11-26(12-9-24)39-28-13-10-25(18-31-28)34(36)37/h5-16,18H,4H2,1-3H3,(H,32,35)/b22-15-. The molecule has 196 valence electrons. The molecule has 0 aliphatic rings. The van der Waals surface area contributed by atoms with Crippen LogP contribution in [0.15, 0.2) is 78.5 Å². The fourth-order valence-corrected chi connectivity index (χ4v) is 3.99. The molecular formula is C29H25N5O5. The number of hydrogen-bond acceptors (Lipinski definition) is 7. The van der Waals surface area contributed by atoms with E-state index in [9.17, 15) is 20.2 Å². The van der Waals surface area contributed by atoms with Crippen LogP contribution in [0.25, 0.3) is 11.8 Å². The molecule has 0 atom stereocenters. The summed E-state index contributed by atoms with van der Waals surface area (Å²) in [4.78, 5) is 27.1. The van der Waals surface area contributed by atoms with Crippen molar-refractivity contribution in [2.75, 3.05) is 11.9 Å². The highest BCUT2D eigenvalue weighted by molar-refractivity contribution is 6.09. The number of nitrogens with one attached hydrogen (secondary N) is 1. The fourth-order valence-electron chi connectivity index (χ4n) is 3.99. The number of anilines is 1. The van der Waals surface area contributed by atoms with E-state index >= 15 is 0 Å². The van der Waals surface area contributed by atoms with Crippen LogP contribution in [0.5, 0.6) is 17.4 Å². The lowest BCUT2D eigenvalue weighted by Crippen LogP contribution is -2.13. The van der Waals surface area contributed by atoms with Crippen LogP contribution in [0.1, 0.15) is 23.9 Å². The first kappa shape index (κ1) is 26.6. The van der Waals surface area contributed by atoms with Crippen molar-refractivity contribution in [3.05, 3.63) is 106 Å². The van der Waals surface area contributed by atoms with Gasteiger partial charge >= 0.3 is 0 Å². The van der Waals surface area contributed by atoms with Crippen molar-refractivity contribution in [3.8, 4) is 29.1 Å². The Kier molecular flexibility index (Phi) is 8.02. The van der Waals surface area contributed by atoms with E-state index in [1.165, 1.54) is 12.1 Å². The van der Waals surface area contributed by atoms with Gasteiger partial charge in [0.05, 0.1) is 11.5 Å². The molecule has 0 fully saturated rings. The molecule has 0 unspecified atom stereocenters. The molecule has 0 bridgehead atoms. The number of nitriles is 1. The maximum Gasteiger partial charge on any atom is 0.287 e. The van der Waals surface area contributed by atoms with Gasteiger partial charge in [-0.05, 0) is 74.9 Å². The van der Waals surface area contributed by atoms with E-state index in [4.69, 9.17) is 9.47 Å². The highest BCUT2D eigenvalue weighted by Crippen LogP contribution is 2.27. The van der Waals surface area contributed by atoms with Crippen LogP contribution in [-0.2, 0) is 4.79 Å². The summed E-state index contributed by atoms with van der Waals surface area (Å²) in [6, 6.07) is 20.9. The van der Waals surface area contributed by atoms with Crippen LogP contribution < -0.4 is 14.8 Å². The fraction of sp³-hybridized carbons (Fsp3) is 0.138. The molecule has 10 heteroatoms. The minimum absolute atomic E-state index is 0.0311. The number of hydrogen-bond donors (Lipinski definition) is 1. The molecule has 0 saturated heterocycles. The largest absolute Gasteiger partial charge is 0.494 e. The topological polar surface area (TPSA) is 132 Å². The Morgan fingerprint density at radius 1 is 1.13 bits per heavy atom. The summed E-state index contributed by atoms with van der Waals surface area (Å²) in [5, 5.41) is 23.2. The number of aryl methyl sites for hydroxylation is 1. The predicted octanol–water partition coefficient (Wildman–Crippen LogP) is 6.13. The first-order chi connectivity index (χ1) is 18.8. The van der Waals surface area contributed by atoms with Crippen molar-refractivity contribution >= 4 is 23.4 Å². The minimum Gasteiger partial charge on any atom is -0.494 e. The highest BCUT2D eigenvalue weighted by atomic mass is 16.6. The van der Waals surface area contributed by atoms with Crippen LogP contribution >= 0.6 is 0 Å². The van der Waals surface area contributed by atoms with Crippen LogP contribution in [0.4, 0.5) is 11.4 Å². The van der Waals surface area contributed by atoms with Gasteiger partial charge in [-0.25, -0.2) is 4.98 Å². The number of nitrogens with zero attached hydrogens (tertiary/aromatic N) is 4. The Labute approximate surface area is 224 Å². The number of benzene rings is 2. The van der Waals surface area contributed by atoms with Crippen molar-refractivity contribution in [1.29, 1.82) is 5.26 Å². The van der Waals surface area contributed by atoms with E-state index in [1.807, 2.05) is 49.6 Å². The molecule has 2 aromatic heterocycles. The van der Waals surface area contributed by atoms with Gasteiger partial charge in [0, 0.05) is 41.0 Å². The van der Waals surface area contributed by atoms with Crippen LogP contribution in [0, 0.1) is 35.3 Å². The maximum atomic E-state index is 12.8. The Morgan fingerprint density at radius 3 is 2.54 bits per heavy atom. The quantitative estimate of drug-likeness (QED) is 0.121. The summed E-state index contributed by atoms with van der Waals surface area (Å²) in [6.45, 7) is 6.21. The number of pyridine rings is 1. The third kappa shape index (κ3) is 6.29. The monoisotopic (exact) mass is 523 g/mol. The molecule has 10 nitrogen and oxygen atoms in total. The normalized spacial score (nSPS) is 11.0. The summed E-state index contributed by atoms with van der Waals surface area (Å²) in [7, 11) is 0. The number of ether oxygens (including phenoxy) is 2. The number of carbonyl (C=O) groups excluding carboxylic acids is 1. The second-order valence-corrected chi connectivity index (χ2v) is 8.45. The van der Waals surface area contributed by atoms with Crippen molar-refractivity contribution in [3.63, 3.8) is 0 Å². The van der Waals surface area contributed by atoms with Gasteiger partial charge in [0.15, 0.2) is 0 Å². The van der Waals surface area contributed by atoms with E-state index in [0.717, 1.165) is 28.8 Å². The lowest BCUT2D eigenvalue weighted by molar-refractivity contribution is -0.385. The second kappa shape index (κ2) is 11.7. The molecule has 2 aromatic carbocycles. The Morgan fingerprint density at radius 2 is 1.90 bits per heavy atom. The molecule has 0 radical (unpaired) electrons. The number of amides is 1. The molecule has 0 aliphatic heterocycles. The third-order valence-electron chi connectivity index (χ3n) is 5.79. The van der Waals surface area contributed by atoms with E-state index in [1.54, 1.807) is 42.5 Å². The number of aromatic nitrogens is 2. The van der Waals surface area contributed by atoms with Gasteiger partial charge in [0.25, 0.3) is 11.6 Å². The smallest absolute Gasteiger partial charge is 0.287 e. The molecule has 1 amide bonds. The van der Waals surface area contributed by atoms with E-state index in [-0.39, 0.29) is 17.1 Å². The second-order valence-electron chi connectivity index (χ2n) is 8.45. The molecule has 4 rings (SSSR count). The molecule has 1 N–H and O–H groups in total. The first-order valence-corrected chi connectivity index (χ1v) is 12.0. The first-order valence-electron chi connectivity index (χ1n) is 12.0. The minimum atomic E-state index is -0.523. The van der Waals surface area contributed by atoms with Gasteiger partial charge < -0.3 is 19.4 Å². The zero-order chi connectivity index (χ0) is 27.9. The van der Waals surface area contributed by atoms with Crippen LogP contribution in [-0.4, -0.2) is 27.0 Å². The van der Waals surface area contributed by atoms with Crippen molar-refractivity contribution in [2.45, 2.75) is 20.8 Å². The molecule has 0 aliphatic carbocycles. The average molecular weight is 524 g/mol. The maximum absolute atomic E-state index is 12.8. The summed E-state index contributed by atoms with van der Waals surface area (Å²) in [5.74, 6) is 0.861. The zero-order valence-corrected chi connectivity index (χ0v) is 21.5. The van der Waals surface area contributed by atoms with E-state index in [2.05, 4.69) is 10.3 Å². The lowest BCUT2D eigenvalue weighted by atomic mass is 10.1. The molecular weight excluding hydrogens is 498 g/mol. The van der Waals surface area contributed by atoms with Gasteiger partial charge in [-0.2, -0.15) is 5.26 Å². The summed E-state index contributed by atoms with van der Waals surface area (Å²) < 4.78 is 13.2. The van der Waals surface area contributed by atoms with Gasteiger partial charge in [0.2, 0.25) is 5.88 Å². The predicted molar refractivity (Wildman–Crippen MR) is 146 cm³/mol. The highest BCUT2D eigenvalue weighted by Gasteiger charge is 2.15. The SMILES string of the molecule is CCOc1cccc(NC(=O)/C(C#N)=C\c2cc(C)n(-c3ccc(Oc4ccc([N+](=O)[O-])cn4)cc3)c2C)c1.